The van der Waals surface area contributed by atoms with E-state index in [4.69, 9.17) is 0 Å². The zero-order chi connectivity index (χ0) is 17.6. The number of likely N-dealkylation sites (tertiary alicyclic amines) is 1. The maximum absolute atomic E-state index is 12.8. The van der Waals surface area contributed by atoms with Crippen LogP contribution in [-0.4, -0.2) is 42.6 Å². The molecule has 0 unspecified atom stereocenters. The van der Waals surface area contributed by atoms with E-state index in [2.05, 4.69) is 11.9 Å². The minimum absolute atomic E-state index is 0.0166. The van der Waals surface area contributed by atoms with Gasteiger partial charge in [-0.15, -0.1) is 0 Å². The highest BCUT2D eigenvalue weighted by Gasteiger charge is 2.27. The van der Waals surface area contributed by atoms with Gasteiger partial charge < -0.3 is 9.47 Å². The molecule has 0 bridgehead atoms. The normalized spacial score (nSPS) is 17.4. The van der Waals surface area contributed by atoms with E-state index < -0.39 is 17.3 Å². The highest BCUT2D eigenvalue weighted by atomic mass is 16.2. The molecular formula is C16H23N5O3. The molecule has 1 saturated heterocycles. The third-order valence-corrected chi connectivity index (χ3v) is 5.04. The van der Waals surface area contributed by atoms with Gasteiger partial charge in [0.1, 0.15) is 6.04 Å². The molecule has 8 heteroatoms. The molecule has 1 atom stereocenters. The van der Waals surface area contributed by atoms with Crippen LogP contribution in [0.2, 0.25) is 0 Å². The van der Waals surface area contributed by atoms with Gasteiger partial charge in [-0.3, -0.25) is 18.7 Å². The summed E-state index contributed by atoms with van der Waals surface area (Å²) in [5, 5.41) is 0. The van der Waals surface area contributed by atoms with Crippen LogP contribution in [0.5, 0.6) is 0 Å². The summed E-state index contributed by atoms with van der Waals surface area (Å²) in [6, 6.07) is -0.534. The Hall–Kier alpha value is -2.38. The number of nitrogens with zero attached hydrogens (tertiary/aromatic N) is 5. The number of aryl methyl sites for hydroxylation is 1. The first kappa shape index (κ1) is 16.5. The van der Waals surface area contributed by atoms with Gasteiger partial charge >= 0.3 is 5.69 Å². The number of amides is 1. The van der Waals surface area contributed by atoms with Crippen molar-refractivity contribution >= 4 is 17.1 Å². The molecule has 0 aromatic carbocycles. The number of carbonyl (C=O) groups excluding carboxylic acids is 1. The minimum Gasteiger partial charge on any atom is -0.341 e. The lowest BCUT2D eigenvalue weighted by atomic mass is 9.99. The van der Waals surface area contributed by atoms with Crippen LogP contribution in [0.15, 0.2) is 15.9 Å². The zero-order valence-corrected chi connectivity index (χ0v) is 14.5. The van der Waals surface area contributed by atoms with Gasteiger partial charge in [-0.05, 0) is 25.7 Å². The van der Waals surface area contributed by atoms with E-state index in [9.17, 15) is 14.4 Å². The highest BCUT2D eigenvalue weighted by Crippen LogP contribution is 2.21. The van der Waals surface area contributed by atoms with Crippen molar-refractivity contribution in [3.05, 3.63) is 27.2 Å². The van der Waals surface area contributed by atoms with Crippen LogP contribution in [0.25, 0.3) is 11.2 Å². The molecule has 1 aliphatic heterocycles. The number of hydrogen-bond donors (Lipinski definition) is 0. The van der Waals surface area contributed by atoms with E-state index in [1.807, 2.05) is 4.90 Å². The second-order valence-corrected chi connectivity index (χ2v) is 6.71. The Bertz CT molecular complexity index is 899. The summed E-state index contributed by atoms with van der Waals surface area (Å²) in [6.07, 6.45) is 3.47. The van der Waals surface area contributed by atoms with E-state index >= 15 is 0 Å². The largest absolute Gasteiger partial charge is 0.341 e. The Kier molecular flexibility index (Phi) is 4.06. The monoisotopic (exact) mass is 333 g/mol. The number of hydrogen-bond acceptors (Lipinski definition) is 4. The average molecular weight is 333 g/mol. The molecule has 0 aliphatic carbocycles. The molecule has 3 heterocycles. The molecule has 0 N–H and O–H groups in total. The summed E-state index contributed by atoms with van der Waals surface area (Å²) in [5.74, 6) is 0.623. The number of aromatic nitrogens is 4. The molecule has 130 valence electrons. The van der Waals surface area contributed by atoms with E-state index in [0.717, 1.165) is 30.5 Å². The fraction of sp³-hybridized carbons (Fsp3) is 0.625. The second-order valence-electron chi connectivity index (χ2n) is 6.71. The van der Waals surface area contributed by atoms with Crippen molar-refractivity contribution in [3.63, 3.8) is 0 Å². The summed E-state index contributed by atoms with van der Waals surface area (Å²) < 4.78 is 3.95. The van der Waals surface area contributed by atoms with Gasteiger partial charge in [0.2, 0.25) is 5.91 Å². The fourth-order valence-electron chi connectivity index (χ4n) is 3.27. The number of piperidine rings is 1. The van der Waals surface area contributed by atoms with Crippen molar-refractivity contribution in [2.45, 2.75) is 32.7 Å². The van der Waals surface area contributed by atoms with E-state index in [0.29, 0.717) is 11.6 Å². The van der Waals surface area contributed by atoms with Gasteiger partial charge in [-0.2, -0.15) is 0 Å². The molecule has 8 nitrogen and oxygen atoms in total. The number of rotatable bonds is 2. The predicted molar refractivity (Wildman–Crippen MR) is 89.9 cm³/mol. The molecule has 3 rings (SSSR count). The molecule has 1 fully saturated rings. The lowest BCUT2D eigenvalue weighted by molar-refractivity contribution is -0.135. The van der Waals surface area contributed by atoms with Crippen LogP contribution < -0.4 is 11.2 Å². The first-order valence-corrected chi connectivity index (χ1v) is 8.24. The molecule has 1 aliphatic rings. The van der Waals surface area contributed by atoms with E-state index in [1.165, 1.54) is 17.9 Å². The molecule has 0 radical (unpaired) electrons. The molecule has 2 aromatic rings. The Balaban J connectivity index is 2.02. The van der Waals surface area contributed by atoms with Crippen molar-refractivity contribution in [2.75, 3.05) is 13.1 Å². The van der Waals surface area contributed by atoms with Gasteiger partial charge in [-0.25, -0.2) is 9.78 Å². The standard InChI is InChI=1S/C16H23N5O3/c1-10-5-7-20(8-6-10)14(22)11(2)21-9-17-13-12(21)15(23)19(4)16(24)18(13)3/h9-11H,5-8H2,1-4H3/t11-/m0/s1. The Morgan fingerprint density at radius 1 is 1.21 bits per heavy atom. The third kappa shape index (κ3) is 2.46. The smallest absolute Gasteiger partial charge is 0.332 e. The van der Waals surface area contributed by atoms with Crippen molar-refractivity contribution in [1.82, 2.24) is 23.6 Å². The van der Waals surface area contributed by atoms with E-state index in [-0.39, 0.29) is 11.4 Å². The molecule has 0 saturated carbocycles. The maximum atomic E-state index is 12.8. The van der Waals surface area contributed by atoms with Gasteiger partial charge in [0.05, 0.1) is 6.33 Å². The van der Waals surface area contributed by atoms with E-state index in [1.54, 1.807) is 18.5 Å². The zero-order valence-electron chi connectivity index (χ0n) is 14.5. The van der Waals surface area contributed by atoms with Gasteiger partial charge in [0.15, 0.2) is 11.2 Å². The molecular weight excluding hydrogens is 310 g/mol. The molecule has 24 heavy (non-hydrogen) atoms. The van der Waals surface area contributed by atoms with Crippen LogP contribution in [0.1, 0.15) is 32.7 Å². The Morgan fingerprint density at radius 3 is 2.46 bits per heavy atom. The lowest BCUT2D eigenvalue weighted by Gasteiger charge is -2.32. The summed E-state index contributed by atoms with van der Waals surface area (Å²) in [5.41, 5.74) is -0.278. The number of fused-ring (bicyclic) bond motifs is 1. The number of carbonyl (C=O) groups is 1. The summed E-state index contributed by atoms with van der Waals surface area (Å²) in [7, 11) is 3.00. The van der Waals surface area contributed by atoms with Crippen LogP contribution in [0, 0.1) is 5.92 Å². The summed E-state index contributed by atoms with van der Waals surface area (Å²) in [4.78, 5) is 43.3. The topological polar surface area (TPSA) is 82.1 Å². The minimum atomic E-state index is -0.534. The van der Waals surface area contributed by atoms with Gasteiger partial charge in [-0.1, -0.05) is 6.92 Å². The van der Waals surface area contributed by atoms with Crippen LogP contribution in [-0.2, 0) is 18.9 Å². The van der Waals surface area contributed by atoms with Crippen LogP contribution >= 0.6 is 0 Å². The first-order chi connectivity index (χ1) is 11.3. The Labute approximate surface area is 139 Å². The number of imidazole rings is 1. The van der Waals surface area contributed by atoms with Crippen LogP contribution in [0.3, 0.4) is 0 Å². The highest BCUT2D eigenvalue weighted by molar-refractivity contribution is 5.82. The summed E-state index contributed by atoms with van der Waals surface area (Å²) >= 11 is 0. The third-order valence-electron chi connectivity index (χ3n) is 5.04. The van der Waals surface area contributed by atoms with Crippen molar-refractivity contribution in [1.29, 1.82) is 0 Å². The first-order valence-electron chi connectivity index (χ1n) is 8.24. The fourth-order valence-corrected chi connectivity index (χ4v) is 3.27. The average Bonchev–Trinajstić information content (AvgIpc) is 3.02. The summed E-state index contributed by atoms with van der Waals surface area (Å²) in [6.45, 7) is 5.45. The van der Waals surface area contributed by atoms with Gasteiger partial charge in [0.25, 0.3) is 5.56 Å². The quantitative estimate of drug-likeness (QED) is 0.789. The SMILES string of the molecule is CC1CCN(C(=O)[C@H](C)n2cnc3c2c(=O)n(C)c(=O)n3C)CC1. The molecule has 2 aromatic heterocycles. The predicted octanol–water partition coefficient (Wildman–Crippen LogP) is 0.253. The molecule has 1 amide bonds. The lowest BCUT2D eigenvalue weighted by Crippen LogP contribution is -2.42. The maximum Gasteiger partial charge on any atom is 0.332 e. The van der Waals surface area contributed by atoms with Crippen molar-refractivity contribution in [3.8, 4) is 0 Å². The van der Waals surface area contributed by atoms with Gasteiger partial charge in [0, 0.05) is 27.2 Å². The molecule has 0 spiro atoms. The van der Waals surface area contributed by atoms with Crippen molar-refractivity contribution < 1.29 is 4.79 Å². The van der Waals surface area contributed by atoms with Crippen LogP contribution in [0.4, 0.5) is 0 Å². The second kappa shape index (κ2) is 5.92. The van der Waals surface area contributed by atoms with Crippen molar-refractivity contribution in [2.24, 2.45) is 20.0 Å². The Morgan fingerprint density at radius 2 is 1.83 bits per heavy atom.